The molecule has 2 aromatic heterocycles. The van der Waals surface area contributed by atoms with Crippen LogP contribution in [0.5, 0.6) is 0 Å². The van der Waals surface area contributed by atoms with Gasteiger partial charge in [0.2, 0.25) is 11.8 Å². The van der Waals surface area contributed by atoms with Crippen LogP contribution in [-0.4, -0.2) is 75.3 Å². The van der Waals surface area contributed by atoms with E-state index in [9.17, 15) is 19.2 Å². The molecule has 5 heterocycles. The number of nitrogens with one attached hydrogen (secondary N) is 2. The molecule has 0 bridgehead atoms. The van der Waals surface area contributed by atoms with Gasteiger partial charge in [0.25, 0.3) is 11.8 Å². The summed E-state index contributed by atoms with van der Waals surface area (Å²) in [5.74, 6) is -0.956. The van der Waals surface area contributed by atoms with Gasteiger partial charge in [0.15, 0.2) is 5.76 Å². The van der Waals surface area contributed by atoms with E-state index in [1.54, 1.807) is 47.0 Å². The Labute approximate surface area is 178 Å². The molecule has 2 N–H and O–H groups in total. The second kappa shape index (κ2) is 7.29. The second-order valence-electron chi connectivity index (χ2n) is 8.24. The third-order valence-corrected chi connectivity index (χ3v) is 6.37. The van der Waals surface area contributed by atoms with E-state index in [1.807, 2.05) is 0 Å². The summed E-state index contributed by atoms with van der Waals surface area (Å²) in [5, 5.41) is 5.79. The number of carbonyl (C=O) groups excluding carboxylic acids is 4. The highest BCUT2D eigenvalue weighted by molar-refractivity contribution is 6.00. The summed E-state index contributed by atoms with van der Waals surface area (Å²) in [5.41, 5.74) is 0.491. The zero-order valence-electron chi connectivity index (χ0n) is 17.0. The van der Waals surface area contributed by atoms with E-state index in [0.717, 1.165) is 0 Å². The van der Waals surface area contributed by atoms with Crippen molar-refractivity contribution in [1.29, 1.82) is 0 Å². The van der Waals surface area contributed by atoms with E-state index in [2.05, 4.69) is 10.6 Å². The fraction of sp³-hybridized carbons (Fsp3) is 0.429. The second-order valence-corrected chi connectivity index (χ2v) is 8.24. The van der Waals surface area contributed by atoms with Crippen molar-refractivity contribution in [3.05, 3.63) is 48.2 Å². The maximum absolute atomic E-state index is 13.5. The molecule has 10 nitrogen and oxygen atoms in total. The number of amides is 4. The first-order valence-corrected chi connectivity index (χ1v) is 10.3. The number of likely N-dealkylation sites (tertiary alicyclic amines) is 1. The predicted octanol–water partition coefficient (Wildman–Crippen LogP) is -0.269. The molecule has 3 aliphatic rings. The summed E-state index contributed by atoms with van der Waals surface area (Å²) in [6, 6.07) is 4.44. The van der Waals surface area contributed by atoms with Crippen LogP contribution in [0.15, 0.2) is 41.1 Å². The Balaban J connectivity index is 1.36. The third kappa shape index (κ3) is 3.18. The Morgan fingerprint density at radius 2 is 2.06 bits per heavy atom. The van der Waals surface area contributed by atoms with E-state index in [4.69, 9.17) is 4.42 Å². The maximum atomic E-state index is 13.5. The van der Waals surface area contributed by atoms with Crippen LogP contribution in [0, 0.1) is 0 Å². The SMILES string of the molecule is Cn1cccc1C(=O)N1CC[C@@H]2NC(=O)[C@H]3C[C@H](NC(=O)c4ccco4)CN3C(=O)[C@H]21. The molecule has 0 unspecified atom stereocenters. The van der Waals surface area contributed by atoms with Gasteiger partial charge in [0, 0.05) is 32.4 Å². The molecule has 3 saturated heterocycles. The van der Waals surface area contributed by atoms with Gasteiger partial charge in [-0.05, 0) is 37.1 Å². The Hall–Kier alpha value is -3.56. The zero-order chi connectivity index (χ0) is 21.7. The Kier molecular flexibility index (Phi) is 4.57. The number of rotatable bonds is 3. The molecule has 10 heteroatoms. The summed E-state index contributed by atoms with van der Waals surface area (Å²) in [6.45, 7) is 0.599. The quantitative estimate of drug-likeness (QED) is 0.702. The van der Waals surface area contributed by atoms with E-state index >= 15 is 0 Å². The first kappa shape index (κ1) is 19.4. The highest BCUT2D eigenvalue weighted by Crippen LogP contribution is 2.30. The topological polar surface area (TPSA) is 117 Å². The number of fused-ring (bicyclic) bond motifs is 2. The molecule has 0 spiro atoms. The fourth-order valence-electron chi connectivity index (χ4n) is 4.85. The number of aromatic nitrogens is 1. The van der Waals surface area contributed by atoms with E-state index in [1.165, 1.54) is 11.2 Å². The lowest BCUT2D eigenvalue weighted by Crippen LogP contribution is -2.52. The van der Waals surface area contributed by atoms with Crippen molar-refractivity contribution < 1.29 is 23.6 Å². The summed E-state index contributed by atoms with van der Waals surface area (Å²) in [6.07, 6.45) is 4.03. The van der Waals surface area contributed by atoms with Crippen LogP contribution in [0.1, 0.15) is 33.9 Å². The van der Waals surface area contributed by atoms with Gasteiger partial charge < -0.3 is 29.4 Å². The molecule has 2 aromatic rings. The average Bonchev–Trinajstić information content (AvgIpc) is 3.52. The molecule has 0 aromatic carbocycles. The smallest absolute Gasteiger partial charge is 0.287 e. The normalized spacial score (nSPS) is 27.5. The van der Waals surface area contributed by atoms with Crippen molar-refractivity contribution >= 4 is 23.6 Å². The van der Waals surface area contributed by atoms with E-state index in [0.29, 0.717) is 25.1 Å². The monoisotopic (exact) mass is 425 g/mol. The van der Waals surface area contributed by atoms with Gasteiger partial charge >= 0.3 is 0 Å². The number of nitrogens with zero attached hydrogens (tertiary/aromatic N) is 3. The highest BCUT2D eigenvalue weighted by atomic mass is 16.3. The summed E-state index contributed by atoms with van der Waals surface area (Å²) in [4.78, 5) is 54.8. The van der Waals surface area contributed by atoms with Crippen LogP contribution in [-0.2, 0) is 16.6 Å². The summed E-state index contributed by atoms with van der Waals surface area (Å²) >= 11 is 0. The molecule has 0 radical (unpaired) electrons. The minimum Gasteiger partial charge on any atom is -0.459 e. The van der Waals surface area contributed by atoms with Gasteiger partial charge in [-0.25, -0.2) is 0 Å². The van der Waals surface area contributed by atoms with Crippen molar-refractivity contribution in [1.82, 2.24) is 25.0 Å². The summed E-state index contributed by atoms with van der Waals surface area (Å²) < 4.78 is 6.83. The van der Waals surface area contributed by atoms with Crippen LogP contribution < -0.4 is 10.6 Å². The highest BCUT2D eigenvalue weighted by Gasteiger charge is 2.52. The maximum Gasteiger partial charge on any atom is 0.287 e. The van der Waals surface area contributed by atoms with Gasteiger partial charge in [-0.2, -0.15) is 0 Å². The van der Waals surface area contributed by atoms with E-state index in [-0.39, 0.29) is 42.0 Å². The van der Waals surface area contributed by atoms with Gasteiger partial charge in [-0.3, -0.25) is 19.2 Å². The molecule has 3 fully saturated rings. The minimum atomic E-state index is -0.754. The molecule has 4 atom stereocenters. The minimum absolute atomic E-state index is 0.174. The molecule has 3 aliphatic heterocycles. The molecular formula is C21H23N5O5. The van der Waals surface area contributed by atoms with Crippen LogP contribution in [0.25, 0.3) is 0 Å². The van der Waals surface area contributed by atoms with Crippen molar-refractivity contribution in [2.75, 3.05) is 13.1 Å². The number of hydrogen-bond acceptors (Lipinski definition) is 5. The number of furan rings is 1. The lowest BCUT2D eigenvalue weighted by molar-refractivity contribution is -0.138. The number of aryl methyl sites for hydroxylation is 1. The third-order valence-electron chi connectivity index (χ3n) is 6.37. The van der Waals surface area contributed by atoms with Gasteiger partial charge in [0.05, 0.1) is 12.3 Å². The first-order chi connectivity index (χ1) is 14.9. The number of carbonyl (C=O) groups is 4. The molecule has 162 valence electrons. The van der Waals surface area contributed by atoms with Crippen LogP contribution in [0.3, 0.4) is 0 Å². The predicted molar refractivity (Wildman–Crippen MR) is 107 cm³/mol. The van der Waals surface area contributed by atoms with Crippen molar-refractivity contribution in [2.24, 2.45) is 7.05 Å². The fourth-order valence-corrected chi connectivity index (χ4v) is 4.85. The lowest BCUT2D eigenvalue weighted by atomic mass is 10.1. The van der Waals surface area contributed by atoms with Gasteiger partial charge in [0.1, 0.15) is 17.8 Å². The Morgan fingerprint density at radius 3 is 2.77 bits per heavy atom. The number of hydrogen-bond donors (Lipinski definition) is 2. The molecule has 0 aliphatic carbocycles. The first-order valence-electron chi connectivity index (χ1n) is 10.3. The van der Waals surface area contributed by atoms with Gasteiger partial charge in [-0.15, -0.1) is 0 Å². The summed E-state index contributed by atoms with van der Waals surface area (Å²) in [7, 11) is 1.78. The van der Waals surface area contributed by atoms with E-state index < -0.39 is 18.1 Å². The van der Waals surface area contributed by atoms with Gasteiger partial charge in [-0.1, -0.05) is 0 Å². The van der Waals surface area contributed by atoms with Crippen LogP contribution in [0.4, 0.5) is 0 Å². The van der Waals surface area contributed by atoms with Crippen molar-refractivity contribution in [2.45, 2.75) is 37.0 Å². The Bertz CT molecular complexity index is 1040. The molecular weight excluding hydrogens is 402 g/mol. The van der Waals surface area contributed by atoms with Crippen molar-refractivity contribution in [3.8, 4) is 0 Å². The molecule has 4 amide bonds. The van der Waals surface area contributed by atoms with Crippen LogP contribution >= 0.6 is 0 Å². The molecule has 5 rings (SSSR count). The van der Waals surface area contributed by atoms with Crippen molar-refractivity contribution in [3.63, 3.8) is 0 Å². The Morgan fingerprint density at radius 1 is 1.23 bits per heavy atom. The average molecular weight is 425 g/mol. The van der Waals surface area contributed by atoms with Crippen LogP contribution in [0.2, 0.25) is 0 Å². The zero-order valence-corrected chi connectivity index (χ0v) is 17.0. The molecule has 31 heavy (non-hydrogen) atoms. The lowest BCUT2D eigenvalue weighted by Gasteiger charge is -2.29. The molecule has 0 saturated carbocycles. The standard InChI is InChI=1S/C21H23N5O5/c1-24-7-2-4-14(24)20(29)25-8-6-13-17(25)21(30)26-11-12(10-15(26)18(27)23-13)22-19(28)16-5-3-9-31-16/h2-5,7,9,12-13,15,17H,6,8,10-11H2,1H3,(H,22,28)(H,23,27)/t12-,13-,15+,17-/m0/s1. The largest absolute Gasteiger partial charge is 0.459 e.